The Hall–Kier alpha value is -2.37. The Labute approximate surface area is 104 Å². The number of nitrogens with zero attached hydrogens (tertiary/aromatic N) is 1. The fraction of sp³-hybridized carbons (Fsp3) is 0.250. The molecule has 0 heterocycles. The van der Waals surface area contributed by atoms with Gasteiger partial charge in [-0.1, -0.05) is 23.3 Å². The van der Waals surface area contributed by atoms with Crippen LogP contribution in [0.5, 0.6) is 0 Å². The Morgan fingerprint density at radius 3 is 2.28 bits per heavy atom. The van der Waals surface area contributed by atoms with Crippen LogP contribution < -0.4 is 0 Å². The van der Waals surface area contributed by atoms with E-state index in [9.17, 15) is 14.4 Å². The molecular weight excluding hydrogens is 238 g/mol. The number of carbonyl (C=O) groups excluding carboxylic acids is 3. The highest BCUT2D eigenvalue weighted by molar-refractivity contribution is 6.02. The molecule has 2 amide bonds. The van der Waals surface area contributed by atoms with Gasteiger partial charge in [-0.15, -0.1) is 0 Å². The standard InChI is InChI=1S/C12H13NO5/c1-3-17-12(16)13(18-9(2)14)11(15)10-7-5-4-6-8-10/h4-8H,3H2,1-2H3. The van der Waals surface area contributed by atoms with Crippen LogP contribution >= 0.6 is 0 Å². The lowest BCUT2D eigenvalue weighted by molar-refractivity contribution is -0.169. The first kappa shape index (κ1) is 13.7. The molecule has 0 aliphatic carbocycles. The fourth-order valence-electron chi connectivity index (χ4n) is 1.17. The normalized spacial score (nSPS) is 9.44. The molecule has 0 fully saturated rings. The van der Waals surface area contributed by atoms with Gasteiger partial charge in [0.25, 0.3) is 5.91 Å². The minimum atomic E-state index is -1.03. The van der Waals surface area contributed by atoms with Crippen molar-refractivity contribution in [1.29, 1.82) is 0 Å². The third kappa shape index (κ3) is 3.58. The zero-order valence-electron chi connectivity index (χ0n) is 10.1. The molecule has 6 heteroatoms. The van der Waals surface area contributed by atoms with E-state index in [1.807, 2.05) is 0 Å². The Morgan fingerprint density at radius 1 is 1.17 bits per heavy atom. The largest absolute Gasteiger partial charge is 0.451 e. The van der Waals surface area contributed by atoms with E-state index in [-0.39, 0.29) is 12.2 Å². The number of rotatable bonds is 2. The van der Waals surface area contributed by atoms with Gasteiger partial charge in [-0.2, -0.15) is 0 Å². The first-order chi connectivity index (χ1) is 8.56. The smallest absolute Gasteiger partial charge is 0.447 e. The molecule has 0 saturated heterocycles. The lowest BCUT2D eigenvalue weighted by Gasteiger charge is -2.17. The number of imide groups is 1. The average molecular weight is 251 g/mol. The van der Waals surface area contributed by atoms with Gasteiger partial charge in [-0.05, 0) is 19.1 Å². The van der Waals surface area contributed by atoms with Crippen LogP contribution in [0.4, 0.5) is 4.79 Å². The molecule has 96 valence electrons. The average Bonchev–Trinajstić information content (AvgIpc) is 2.36. The van der Waals surface area contributed by atoms with Crippen molar-refractivity contribution in [3.8, 4) is 0 Å². The van der Waals surface area contributed by atoms with Crippen molar-refractivity contribution in [1.82, 2.24) is 5.06 Å². The Kier molecular flexibility index (Phi) is 4.86. The molecule has 0 saturated carbocycles. The number of ether oxygens (including phenoxy) is 1. The van der Waals surface area contributed by atoms with E-state index < -0.39 is 18.0 Å². The Bertz CT molecular complexity index is 443. The summed E-state index contributed by atoms with van der Waals surface area (Å²) in [5.41, 5.74) is 0.215. The van der Waals surface area contributed by atoms with E-state index in [1.165, 1.54) is 12.1 Å². The van der Waals surface area contributed by atoms with E-state index in [1.54, 1.807) is 25.1 Å². The van der Waals surface area contributed by atoms with Crippen LogP contribution in [-0.2, 0) is 14.4 Å². The number of hydrogen-bond donors (Lipinski definition) is 0. The van der Waals surface area contributed by atoms with Gasteiger partial charge < -0.3 is 9.57 Å². The highest BCUT2D eigenvalue weighted by atomic mass is 16.8. The monoisotopic (exact) mass is 251 g/mol. The summed E-state index contributed by atoms with van der Waals surface area (Å²) in [6.07, 6.45) is -1.03. The van der Waals surface area contributed by atoms with Crippen LogP contribution in [-0.4, -0.2) is 29.6 Å². The van der Waals surface area contributed by atoms with Crippen molar-refractivity contribution >= 4 is 18.0 Å². The quantitative estimate of drug-likeness (QED) is 0.749. The third-order valence-electron chi connectivity index (χ3n) is 1.86. The van der Waals surface area contributed by atoms with Crippen LogP contribution in [0.15, 0.2) is 30.3 Å². The molecule has 0 aromatic heterocycles. The molecule has 6 nitrogen and oxygen atoms in total. The molecule has 0 spiro atoms. The van der Waals surface area contributed by atoms with Gasteiger partial charge in [-0.25, -0.2) is 9.59 Å². The van der Waals surface area contributed by atoms with Crippen LogP contribution in [0.2, 0.25) is 0 Å². The van der Waals surface area contributed by atoms with E-state index in [2.05, 4.69) is 9.57 Å². The zero-order valence-corrected chi connectivity index (χ0v) is 10.1. The zero-order chi connectivity index (χ0) is 13.5. The fourth-order valence-corrected chi connectivity index (χ4v) is 1.17. The summed E-state index contributed by atoms with van der Waals surface area (Å²) >= 11 is 0. The van der Waals surface area contributed by atoms with Crippen molar-refractivity contribution in [2.75, 3.05) is 6.61 Å². The van der Waals surface area contributed by atoms with Gasteiger partial charge in [0.1, 0.15) is 0 Å². The summed E-state index contributed by atoms with van der Waals surface area (Å²) in [5, 5.41) is 0.307. The molecule has 0 atom stereocenters. The molecule has 0 aliphatic rings. The van der Waals surface area contributed by atoms with Gasteiger partial charge in [0.2, 0.25) is 0 Å². The van der Waals surface area contributed by atoms with Gasteiger partial charge in [-0.3, -0.25) is 4.79 Å². The second-order valence-corrected chi connectivity index (χ2v) is 3.25. The number of benzene rings is 1. The van der Waals surface area contributed by atoms with Gasteiger partial charge in [0.05, 0.1) is 6.61 Å². The first-order valence-corrected chi connectivity index (χ1v) is 5.31. The van der Waals surface area contributed by atoms with Gasteiger partial charge in [0, 0.05) is 12.5 Å². The number of hydroxylamine groups is 2. The van der Waals surface area contributed by atoms with Crippen molar-refractivity contribution in [3.05, 3.63) is 35.9 Å². The Morgan fingerprint density at radius 2 is 1.78 bits per heavy atom. The van der Waals surface area contributed by atoms with E-state index in [0.29, 0.717) is 5.06 Å². The SMILES string of the molecule is CCOC(=O)N(OC(C)=O)C(=O)c1ccccc1. The van der Waals surface area contributed by atoms with E-state index in [4.69, 9.17) is 0 Å². The highest BCUT2D eigenvalue weighted by Crippen LogP contribution is 2.07. The molecular formula is C12H13NO5. The second-order valence-electron chi connectivity index (χ2n) is 3.25. The summed E-state index contributed by atoms with van der Waals surface area (Å²) in [4.78, 5) is 38.9. The molecule has 0 aliphatic heterocycles. The van der Waals surface area contributed by atoms with Crippen molar-refractivity contribution in [3.63, 3.8) is 0 Å². The van der Waals surface area contributed by atoms with Crippen molar-refractivity contribution in [2.24, 2.45) is 0 Å². The van der Waals surface area contributed by atoms with Crippen LogP contribution in [0.3, 0.4) is 0 Å². The maximum absolute atomic E-state index is 11.9. The summed E-state index contributed by atoms with van der Waals surface area (Å²) in [5.74, 6) is -1.54. The molecule has 0 radical (unpaired) electrons. The maximum Gasteiger partial charge on any atom is 0.451 e. The highest BCUT2D eigenvalue weighted by Gasteiger charge is 2.27. The minimum absolute atomic E-state index is 0.0681. The Balaban J connectivity index is 2.92. The van der Waals surface area contributed by atoms with Crippen LogP contribution in [0, 0.1) is 0 Å². The molecule has 0 N–H and O–H groups in total. The molecule has 18 heavy (non-hydrogen) atoms. The number of carbonyl (C=O) groups is 3. The number of amides is 2. The summed E-state index contributed by atoms with van der Waals surface area (Å²) in [6, 6.07) is 7.97. The summed E-state index contributed by atoms with van der Waals surface area (Å²) in [6.45, 7) is 2.74. The van der Waals surface area contributed by atoms with Crippen molar-refractivity contribution in [2.45, 2.75) is 13.8 Å². The molecule has 1 aromatic carbocycles. The summed E-state index contributed by atoms with van der Waals surface area (Å²) in [7, 11) is 0. The number of hydrogen-bond acceptors (Lipinski definition) is 5. The lowest BCUT2D eigenvalue weighted by Crippen LogP contribution is -2.38. The van der Waals surface area contributed by atoms with Crippen molar-refractivity contribution < 1.29 is 24.0 Å². The minimum Gasteiger partial charge on any atom is -0.447 e. The topological polar surface area (TPSA) is 72.9 Å². The van der Waals surface area contributed by atoms with E-state index >= 15 is 0 Å². The lowest BCUT2D eigenvalue weighted by atomic mass is 10.2. The molecule has 0 bridgehead atoms. The maximum atomic E-state index is 11.9. The van der Waals surface area contributed by atoms with Gasteiger partial charge >= 0.3 is 12.1 Å². The second kappa shape index (κ2) is 6.39. The van der Waals surface area contributed by atoms with Gasteiger partial charge in [0.15, 0.2) is 0 Å². The third-order valence-corrected chi connectivity index (χ3v) is 1.86. The van der Waals surface area contributed by atoms with Crippen LogP contribution in [0.1, 0.15) is 24.2 Å². The predicted molar refractivity (Wildman–Crippen MR) is 61.4 cm³/mol. The van der Waals surface area contributed by atoms with Crippen LogP contribution in [0.25, 0.3) is 0 Å². The molecule has 0 unspecified atom stereocenters. The van der Waals surface area contributed by atoms with E-state index in [0.717, 1.165) is 6.92 Å². The summed E-state index contributed by atoms with van der Waals surface area (Å²) < 4.78 is 4.64. The first-order valence-electron chi connectivity index (χ1n) is 5.31. The predicted octanol–water partition coefficient (Wildman–Crippen LogP) is 1.76. The molecule has 1 rings (SSSR count). The molecule has 1 aromatic rings.